The zero-order chi connectivity index (χ0) is 24.6. The number of nitrogens with one attached hydrogen (secondary N) is 3. The van der Waals surface area contributed by atoms with E-state index in [-0.39, 0.29) is 17.9 Å². The van der Waals surface area contributed by atoms with Crippen LogP contribution in [0.3, 0.4) is 0 Å². The zero-order valence-corrected chi connectivity index (χ0v) is 19.8. The summed E-state index contributed by atoms with van der Waals surface area (Å²) in [7, 11) is 8.68. The monoisotopic (exact) mass is 465 g/mol. The highest BCUT2D eigenvalue weighted by atomic mass is 16.5. The first-order chi connectivity index (χ1) is 16.3. The number of benzene rings is 1. The van der Waals surface area contributed by atoms with Gasteiger partial charge in [-0.3, -0.25) is 9.59 Å². The van der Waals surface area contributed by atoms with Crippen molar-refractivity contribution < 1.29 is 14.3 Å². The fourth-order valence-electron chi connectivity index (χ4n) is 5.41. The van der Waals surface area contributed by atoms with E-state index in [4.69, 9.17) is 24.2 Å². The van der Waals surface area contributed by atoms with E-state index in [1.807, 2.05) is 18.2 Å². The number of rotatable bonds is 9. The van der Waals surface area contributed by atoms with Crippen LogP contribution in [0.25, 0.3) is 0 Å². The predicted molar refractivity (Wildman–Crippen MR) is 134 cm³/mol. The fourth-order valence-corrected chi connectivity index (χ4v) is 5.41. The lowest BCUT2D eigenvalue weighted by Gasteiger charge is -2.47. The van der Waals surface area contributed by atoms with E-state index in [0.717, 1.165) is 25.7 Å². The molecule has 4 rings (SSSR count). The first-order valence-corrected chi connectivity index (χ1v) is 11.9. The Morgan fingerprint density at radius 3 is 2.79 bits per heavy atom. The van der Waals surface area contributed by atoms with Crippen LogP contribution in [0.15, 0.2) is 35.4 Å². The lowest BCUT2D eigenvalue weighted by molar-refractivity contribution is -0.147. The Bertz CT molecular complexity index is 860. The van der Waals surface area contributed by atoms with E-state index < -0.39 is 11.4 Å². The third-order valence-corrected chi connectivity index (χ3v) is 7.23. The molecule has 34 heavy (non-hydrogen) atoms. The number of amides is 1. The predicted octanol–water partition coefficient (Wildman–Crippen LogP) is 0.263. The van der Waals surface area contributed by atoms with Gasteiger partial charge in [0, 0.05) is 6.42 Å². The molecule has 1 aromatic rings. The van der Waals surface area contributed by atoms with Crippen LogP contribution in [0.4, 0.5) is 0 Å². The maximum absolute atomic E-state index is 12.4. The van der Waals surface area contributed by atoms with Gasteiger partial charge in [-0.05, 0) is 43.4 Å². The lowest BCUT2D eigenvalue weighted by Crippen LogP contribution is -2.55. The van der Waals surface area contributed by atoms with Gasteiger partial charge in [-0.15, -0.1) is 0 Å². The minimum Gasteiger partial charge on any atom is -0.463 e. The van der Waals surface area contributed by atoms with E-state index in [1.54, 1.807) is 0 Å². The smallest absolute Gasteiger partial charge is 0.323 e. The molecule has 2 saturated heterocycles. The molecule has 3 aliphatic rings. The van der Waals surface area contributed by atoms with Crippen LogP contribution in [0, 0.1) is 18.8 Å². The minimum atomic E-state index is -0.588. The Morgan fingerprint density at radius 2 is 2.15 bits per heavy atom. The molecule has 0 bridgehead atoms. The van der Waals surface area contributed by atoms with E-state index in [9.17, 15) is 9.59 Å². The van der Waals surface area contributed by atoms with Gasteiger partial charge in [0.1, 0.15) is 25.8 Å². The van der Waals surface area contributed by atoms with Gasteiger partial charge in [0.2, 0.25) is 6.41 Å². The van der Waals surface area contributed by atoms with Crippen molar-refractivity contribution in [1.29, 1.82) is 0 Å². The second kappa shape index (κ2) is 11.8. The van der Waals surface area contributed by atoms with Crippen LogP contribution in [0.1, 0.15) is 44.1 Å². The number of amidine groups is 1. The molecule has 1 aromatic carbocycles. The van der Waals surface area contributed by atoms with Gasteiger partial charge in [-0.25, -0.2) is 11.4 Å². The van der Waals surface area contributed by atoms with Gasteiger partial charge < -0.3 is 21.1 Å². The molecule has 9 nitrogen and oxygen atoms in total. The van der Waals surface area contributed by atoms with Gasteiger partial charge in [0.05, 0.1) is 14.4 Å². The van der Waals surface area contributed by atoms with Crippen molar-refractivity contribution >= 4 is 33.3 Å². The summed E-state index contributed by atoms with van der Waals surface area (Å²) in [5.74, 6) is 6.21. The number of hydrogen-bond acceptors (Lipinski definition) is 7. The average molecular weight is 465 g/mol. The van der Waals surface area contributed by atoms with E-state index in [1.165, 1.54) is 5.56 Å². The van der Waals surface area contributed by atoms with Gasteiger partial charge >= 0.3 is 5.97 Å². The highest BCUT2D eigenvalue weighted by Crippen LogP contribution is 2.69. The number of nitrogens with zero attached hydrogens (tertiary/aromatic N) is 1. The van der Waals surface area contributed by atoms with Crippen molar-refractivity contribution in [2.75, 3.05) is 13.2 Å². The molecule has 2 heterocycles. The third-order valence-electron chi connectivity index (χ3n) is 7.23. The minimum absolute atomic E-state index is 0.0161. The number of hydrazone groups is 1. The van der Waals surface area contributed by atoms with Crippen molar-refractivity contribution in [3.8, 4) is 0 Å². The van der Waals surface area contributed by atoms with Crippen LogP contribution in [-0.4, -0.2) is 57.9 Å². The molecule has 7 N–H and O–H groups in total. The fraction of sp³-hybridized carbons (Fsp3) is 0.609. The number of carbonyl (C=O) groups is 2. The van der Waals surface area contributed by atoms with Crippen LogP contribution >= 0.6 is 0 Å². The summed E-state index contributed by atoms with van der Waals surface area (Å²) < 4.78 is 5.26. The van der Waals surface area contributed by atoms with Crippen molar-refractivity contribution in [2.24, 2.45) is 28.5 Å². The summed E-state index contributed by atoms with van der Waals surface area (Å²) in [5, 5.41) is 8.94. The van der Waals surface area contributed by atoms with Crippen LogP contribution in [0.2, 0.25) is 5.31 Å². The molecule has 1 saturated carbocycles. The summed E-state index contributed by atoms with van der Waals surface area (Å²) in [6, 6.07) is 9.84. The number of ether oxygens (including phenoxy) is 1. The molecule has 5 atom stereocenters. The first-order valence-electron chi connectivity index (χ1n) is 11.9. The van der Waals surface area contributed by atoms with E-state index >= 15 is 0 Å². The molecule has 1 aliphatic carbocycles. The van der Waals surface area contributed by atoms with Gasteiger partial charge in [0.25, 0.3) is 0 Å². The molecule has 3 radical (unpaired) electrons. The molecule has 3 fully saturated rings. The Labute approximate surface area is 203 Å². The molecule has 0 aromatic heterocycles. The molecular weight excluding hydrogens is 430 g/mol. The van der Waals surface area contributed by atoms with Crippen LogP contribution in [-0.2, 0) is 14.3 Å². The first kappa shape index (κ1) is 26.1. The van der Waals surface area contributed by atoms with E-state index in [2.05, 4.69) is 47.6 Å². The van der Waals surface area contributed by atoms with Crippen LogP contribution in [0.5, 0.6) is 0 Å². The van der Waals surface area contributed by atoms with Gasteiger partial charge in [-0.2, -0.15) is 5.10 Å². The van der Waals surface area contributed by atoms with Gasteiger partial charge in [-0.1, -0.05) is 54.1 Å². The summed E-state index contributed by atoms with van der Waals surface area (Å²) >= 11 is 0. The summed E-state index contributed by atoms with van der Waals surface area (Å²) in [6.07, 6.45) is 6.04. The quantitative estimate of drug-likeness (QED) is 0.0515. The number of aryl methyl sites for hydroxylation is 1. The SMILES string of the molecule is Cc1ccccc1.[B]C12[B]C13CCC(CC/C(N)=N/NN)CC3CC(C(=O)OCCNC=O)N2. The summed E-state index contributed by atoms with van der Waals surface area (Å²) in [5.41, 5.74) is 9.34. The molecule has 1 amide bonds. The zero-order valence-electron chi connectivity index (χ0n) is 19.8. The maximum Gasteiger partial charge on any atom is 0.323 e. The summed E-state index contributed by atoms with van der Waals surface area (Å²) in [4.78, 5) is 22.6. The number of nitrogens with two attached hydrogens (primary N) is 2. The Hall–Kier alpha value is -2.52. The lowest BCUT2D eigenvalue weighted by atomic mass is 9.60. The molecule has 11 heteroatoms. The number of hydrogen-bond donors (Lipinski definition) is 5. The average Bonchev–Trinajstić information content (AvgIpc) is 3.44. The molecule has 181 valence electrons. The van der Waals surface area contributed by atoms with Crippen molar-refractivity contribution in [3.63, 3.8) is 0 Å². The number of piperidine rings is 1. The largest absolute Gasteiger partial charge is 0.463 e. The Balaban J connectivity index is 0.000000396. The number of hydrazine groups is 1. The second-order valence-corrected chi connectivity index (χ2v) is 9.49. The second-order valence-electron chi connectivity index (χ2n) is 9.49. The maximum atomic E-state index is 12.4. The Morgan fingerprint density at radius 1 is 1.38 bits per heavy atom. The molecular formula is C23H35B2N6O3. The molecule has 5 unspecified atom stereocenters. The highest BCUT2D eigenvalue weighted by Gasteiger charge is 2.71. The third kappa shape index (κ3) is 6.33. The normalized spacial score (nSPS) is 31.4. The van der Waals surface area contributed by atoms with Crippen LogP contribution < -0.4 is 27.7 Å². The topological polar surface area (TPSA) is 144 Å². The molecule has 1 spiro atoms. The summed E-state index contributed by atoms with van der Waals surface area (Å²) in [6.45, 7) is 2.54. The standard InChI is InChI=1S/C16H27B2N6O3.C7H8/c17-16-15(18-16)4-3-10(1-2-13(19)23-24-20)7-11(15)8-12(22-16)14(26)27-6-5-21-9-25;1-7-5-3-2-4-6-7/h9-12,22,24H,1-8,20H2,(H2,19,23)(H,21,25);2-6H,1H3. The van der Waals surface area contributed by atoms with E-state index in [0.29, 0.717) is 43.5 Å². The highest BCUT2D eigenvalue weighted by molar-refractivity contribution is 6.72. The Kier molecular flexibility index (Phi) is 9.02. The van der Waals surface area contributed by atoms with Gasteiger partial charge in [0.15, 0.2) is 0 Å². The van der Waals surface area contributed by atoms with Crippen molar-refractivity contribution in [3.05, 3.63) is 35.9 Å². The van der Waals surface area contributed by atoms with Crippen molar-refractivity contribution in [1.82, 2.24) is 16.2 Å². The number of carbonyl (C=O) groups excluding carboxylic acids is 2. The van der Waals surface area contributed by atoms with Crippen molar-refractivity contribution in [2.45, 2.75) is 62.1 Å². The molecule has 2 aliphatic heterocycles. The number of esters is 1.